The second-order valence-corrected chi connectivity index (χ2v) is 7.64. The first-order valence-electron chi connectivity index (χ1n) is 9.99. The highest BCUT2D eigenvalue weighted by atomic mass is 16.5. The Balaban J connectivity index is 1.43. The number of nitrogens with zero attached hydrogens (tertiary/aromatic N) is 1. The van der Waals surface area contributed by atoms with Crippen molar-refractivity contribution < 1.29 is 24.2 Å². The van der Waals surface area contributed by atoms with Gasteiger partial charge in [0.2, 0.25) is 0 Å². The standard InChI is InChI=1S/C24H24N2O5/c1-24(17-10-12-19(30-2)13-11-17)22(28)26(23(29)25-24)14-18(27)15-31-21-9-5-7-16-6-3-4-8-20(16)21/h3-13,18,27H,14-15H2,1-2H3,(H,25,29)/t18-,24-/m1/s1. The molecule has 4 rings (SSSR count). The summed E-state index contributed by atoms with van der Waals surface area (Å²) < 4.78 is 10.9. The summed E-state index contributed by atoms with van der Waals surface area (Å²) in [6, 6.07) is 19.8. The molecule has 7 nitrogen and oxygen atoms in total. The average molecular weight is 420 g/mol. The van der Waals surface area contributed by atoms with Crippen LogP contribution in [0.15, 0.2) is 66.7 Å². The summed E-state index contributed by atoms with van der Waals surface area (Å²) >= 11 is 0. The number of methoxy groups -OCH3 is 1. The Morgan fingerprint density at radius 2 is 1.74 bits per heavy atom. The number of amides is 3. The van der Waals surface area contributed by atoms with Crippen LogP contribution in [0.1, 0.15) is 12.5 Å². The first kappa shape index (κ1) is 20.7. The van der Waals surface area contributed by atoms with Gasteiger partial charge in [-0.2, -0.15) is 0 Å². The van der Waals surface area contributed by atoms with E-state index in [2.05, 4.69) is 5.32 Å². The summed E-state index contributed by atoms with van der Waals surface area (Å²) in [6.07, 6.45) is -1.04. The van der Waals surface area contributed by atoms with E-state index in [0.29, 0.717) is 17.1 Å². The Bertz CT molecular complexity index is 1110. The predicted octanol–water partition coefficient (Wildman–Crippen LogP) is 3.06. The van der Waals surface area contributed by atoms with E-state index >= 15 is 0 Å². The lowest BCUT2D eigenvalue weighted by Gasteiger charge is -2.23. The summed E-state index contributed by atoms with van der Waals surface area (Å²) in [5.41, 5.74) is -0.574. The first-order chi connectivity index (χ1) is 14.9. The molecule has 0 saturated carbocycles. The summed E-state index contributed by atoms with van der Waals surface area (Å²) in [5.74, 6) is 0.867. The van der Waals surface area contributed by atoms with Crippen LogP contribution in [0, 0.1) is 0 Å². The zero-order valence-electron chi connectivity index (χ0n) is 17.4. The lowest BCUT2D eigenvalue weighted by atomic mass is 9.92. The van der Waals surface area contributed by atoms with Crippen molar-refractivity contribution in [1.82, 2.24) is 10.2 Å². The molecule has 1 heterocycles. The molecule has 160 valence electrons. The molecule has 1 fully saturated rings. The highest BCUT2D eigenvalue weighted by Crippen LogP contribution is 2.30. The molecule has 2 atom stereocenters. The number of aliphatic hydroxyl groups excluding tert-OH is 1. The molecular weight excluding hydrogens is 396 g/mol. The third-order valence-electron chi connectivity index (χ3n) is 5.52. The monoisotopic (exact) mass is 420 g/mol. The van der Waals surface area contributed by atoms with Crippen molar-refractivity contribution in [2.75, 3.05) is 20.3 Å². The van der Waals surface area contributed by atoms with Crippen molar-refractivity contribution in [2.45, 2.75) is 18.6 Å². The molecule has 2 N–H and O–H groups in total. The van der Waals surface area contributed by atoms with Gasteiger partial charge in [-0.05, 0) is 36.1 Å². The molecule has 1 aliphatic rings. The van der Waals surface area contributed by atoms with Gasteiger partial charge in [0.1, 0.15) is 29.7 Å². The second-order valence-electron chi connectivity index (χ2n) is 7.64. The average Bonchev–Trinajstić information content (AvgIpc) is 3.01. The molecule has 0 bridgehead atoms. The van der Waals surface area contributed by atoms with Crippen molar-refractivity contribution in [3.8, 4) is 11.5 Å². The van der Waals surface area contributed by atoms with Crippen LogP contribution in [0.2, 0.25) is 0 Å². The minimum absolute atomic E-state index is 0.0513. The van der Waals surface area contributed by atoms with Gasteiger partial charge in [0, 0.05) is 5.39 Å². The van der Waals surface area contributed by atoms with E-state index in [1.807, 2.05) is 42.5 Å². The maximum absolute atomic E-state index is 13.0. The van der Waals surface area contributed by atoms with Gasteiger partial charge in [0.15, 0.2) is 0 Å². The van der Waals surface area contributed by atoms with Crippen LogP contribution < -0.4 is 14.8 Å². The number of rotatable bonds is 7. The van der Waals surface area contributed by atoms with Crippen LogP contribution in [-0.2, 0) is 10.3 Å². The summed E-state index contributed by atoms with van der Waals surface area (Å²) in [4.78, 5) is 26.6. The van der Waals surface area contributed by atoms with Crippen LogP contribution in [0.25, 0.3) is 10.8 Å². The molecule has 3 aromatic carbocycles. The Morgan fingerprint density at radius 1 is 1.03 bits per heavy atom. The molecule has 0 unspecified atom stereocenters. The number of aliphatic hydroxyl groups is 1. The van der Waals surface area contributed by atoms with Crippen LogP contribution in [-0.4, -0.2) is 48.3 Å². The number of imide groups is 1. The number of urea groups is 1. The predicted molar refractivity (Wildman–Crippen MR) is 116 cm³/mol. The van der Waals surface area contributed by atoms with E-state index in [1.54, 1.807) is 38.3 Å². The number of ether oxygens (including phenoxy) is 2. The maximum atomic E-state index is 13.0. The zero-order chi connectivity index (χ0) is 22.0. The highest BCUT2D eigenvalue weighted by molar-refractivity contribution is 6.07. The molecule has 0 radical (unpaired) electrons. The van der Waals surface area contributed by atoms with Crippen molar-refractivity contribution >= 4 is 22.7 Å². The second kappa shape index (κ2) is 8.28. The van der Waals surface area contributed by atoms with Gasteiger partial charge in [-0.3, -0.25) is 9.69 Å². The Hall–Kier alpha value is -3.58. The summed E-state index contributed by atoms with van der Waals surface area (Å²) in [5, 5.41) is 15.2. The summed E-state index contributed by atoms with van der Waals surface area (Å²) in [7, 11) is 1.56. The van der Waals surface area contributed by atoms with Gasteiger partial charge in [0.25, 0.3) is 5.91 Å². The van der Waals surface area contributed by atoms with Gasteiger partial charge < -0.3 is 19.9 Å². The Labute approximate surface area is 180 Å². The molecule has 3 amide bonds. The number of β-amino-alcohol motifs (C(OH)–C–C–N with tert-alkyl or cyclic N) is 1. The maximum Gasteiger partial charge on any atom is 0.325 e. The number of carbonyl (C=O) groups is 2. The number of nitrogens with one attached hydrogen (secondary N) is 1. The minimum atomic E-state index is -1.21. The largest absolute Gasteiger partial charge is 0.497 e. The highest BCUT2D eigenvalue weighted by Gasteiger charge is 2.49. The van der Waals surface area contributed by atoms with Gasteiger partial charge in [-0.1, -0.05) is 48.5 Å². The fraction of sp³-hybridized carbons (Fsp3) is 0.250. The number of hydrogen-bond acceptors (Lipinski definition) is 5. The topological polar surface area (TPSA) is 88.1 Å². The molecule has 0 aromatic heterocycles. The lowest BCUT2D eigenvalue weighted by Crippen LogP contribution is -2.42. The van der Waals surface area contributed by atoms with Crippen LogP contribution in [0.4, 0.5) is 4.79 Å². The normalized spacial score (nSPS) is 19.4. The van der Waals surface area contributed by atoms with E-state index in [0.717, 1.165) is 15.7 Å². The SMILES string of the molecule is COc1ccc([C@@]2(C)NC(=O)N(C[C@@H](O)COc3cccc4ccccc34)C2=O)cc1. The molecule has 1 saturated heterocycles. The third-order valence-corrected chi connectivity index (χ3v) is 5.52. The molecule has 31 heavy (non-hydrogen) atoms. The van der Waals surface area contributed by atoms with Crippen molar-refractivity contribution in [2.24, 2.45) is 0 Å². The lowest BCUT2D eigenvalue weighted by molar-refractivity contribution is -0.132. The number of hydrogen-bond donors (Lipinski definition) is 2. The van der Waals surface area contributed by atoms with E-state index in [4.69, 9.17) is 9.47 Å². The van der Waals surface area contributed by atoms with Crippen molar-refractivity contribution in [3.05, 3.63) is 72.3 Å². The van der Waals surface area contributed by atoms with E-state index in [1.165, 1.54) is 0 Å². The molecule has 3 aromatic rings. The number of carbonyl (C=O) groups excluding carboxylic acids is 2. The third kappa shape index (κ3) is 3.92. The van der Waals surface area contributed by atoms with E-state index in [-0.39, 0.29) is 13.2 Å². The van der Waals surface area contributed by atoms with Crippen LogP contribution >= 0.6 is 0 Å². The van der Waals surface area contributed by atoms with Gasteiger partial charge in [0.05, 0.1) is 13.7 Å². The number of benzene rings is 3. The van der Waals surface area contributed by atoms with Gasteiger partial charge in [-0.15, -0.1) is 0 Å². The van der Waals surface area contributed by atoms with Gasteiger partial charge in [-0.25, -0.2) is 4.79 Å². The number of fused-ring (bicyclic) bond motifs is 1. The Morgan fingerprint density at radius 3 is 2.48 bits per heavy atom. The fourth-order valence-electron chi connectivity index (χ4n) is 3.75. The molecule has 7 heteroatoms. The van der Waals surface area contributed by atoms with E-state index in [9.17, 15) is 14.7 Å². The molecule has 1 aliphatic heterocycles. The van der Waals surface area contributed by atoms with Crippen molar-refractivity contribution in [3.63, 3.8) is 0 Å². The quantitative estimate of drug-likeness (QED) is 0.574. The Kier molecular flexibility index (Phi) is 5.52. The molecule has 0 spiro atoms. The van der Waals surface area contributed by atoms with Crippen LogP contribution in [0.3, 0.4) is 0 Å². The molecular formula is C24H24N2O5. The fourth-order valence-corrected chi connectivity index (χ4v) is 3.75. The smallest absolute Gasteiger partial charge is 0.325 e. The first-order valence-corrected chi connectivity index (χ1v) is 9.99. The summed E-state index contributed by atoms with van der Waals surface area (Å²) in [6.45, 7) is 1.43. The zero-order valence-corrected chi connectivity index (χ0v) is 17.4. The van der Waals surface area contributed by atoms with E-state index < -0.39 is 23.6 Å². The minimum Gasteiger partial charge on any atom is -0.497 e. The van der Waals surface area contributed by atoms with Crippen molar-refractivity contribution in [1.29, 1.82) is 0 Å². The van der Waals surface area contributed by atoms with Crippen LogP contribution in [0.5, 0.6) is 11.5 Å². The van der Waals surface area contributed by atoms with Gasteiger partial charge >= 0.3 is 6.03 Å². The molecule has 0 aliphatic carbocycles.